The van der Waals surface area contributed by atoms with Gasteiger partial charge in [0.2, 0.25) is 0 Å². The molecule has 0 spiro atoms. The lowest BCUT2D eigenvalue weighted by Crippen LogP contribution is -2.21. The minimum atomic E-state index is -0.983. The van der Waals surface area contributed by atoms with E-state index in [2.05, 4.69) is 17.9 Å². The highest BCUT2D eigenvalue weighted by molar-refractivity contribution is 5.89. The summed E-state index contributed by atoms with van der Waals surface area (Å²) in [6, 6.07) is 0. The molecule has 0 aliphatic heterocycles. The summed E-state index contributed by atoms with van der Waals surface area (Å²) in [6.45, 7) is 10.1. The van der Waals surface area contributed by atoms with E-state index in [1.54, 1.807) is 6.92 Å². The van der Waals surface area contributed by atoms with Crippen molar-refractivity contribution in [3.63, 3.8) is 0 Å². The quantitative estimate of drug-likeness (QED) is 0.580. The van der Waals surface area contributed by atoms with Crippen LogP contribution in [0.1, 0.15) is 52.4 Å². The molecular formula is C19H28O6. The molecule has 0 aromatic heterocycles. The zero-order chi connectivity index (χ0) is 19.4. The van der Waals surface area contributed by atoms with Gasteiger partial charge in [-0.05, 0) is 46.0 Å². The lowest BCUT2D eigenvalue weighted by atomic mass is 9.98. The van der Waals surface area contributed by atoms with Gasteiger partial charge in [0.05, 0.1) is 7.11 Å². The molecule has 0 saturated heterocycles. The van der Waals surface area contributed by atoms with E-state index < -0.39 is 11.9 Å². The molecule has 0 heterocycles. The summed E-state index contributed by atoms with van der Waals surface area (Å²) in [6.07, 6.45) is 6.95. The van der Waals surface area contributed by atoms with Crippen LogP contribution >= 0.6 is 0 Å². The van der Waals surface area contributed by atoms with E-state index >= 15 is 0 Å². The fraction of sp³-hybridized carbons (Fsp3) is 0.526. The first kappa shape index (κ1) is 22.6. The molecule has 6 nitrogen and oxygen atoms in total. The summed E-state index contributed by atoms with van der Waals surface area (Å²) >= 11 is 0. The fourth-order valence-electron chi connectivity index (χ4n) is 2.04. The number of carboxylic acid groups (broad SMARTS) is 1. The molecule has 0 amide bonds. The van der Waals surface area contributed by atoms with Gasteiger partial charge in [0, 0.05) is 16.7 Å². The Labute approximate surface area is 149 Å². The van der Waals surface area contributed by atoms with E-state index in [4.69, 9.17) is 9.84 Å². The number of carbonyl (C=O) groups is 3. The Morgan fingerprint density at radius 2 is 1.64 bits per heavy atom. The van der Waals surface area contributed by atoms with Gasteiger partial charge in [0.1, 0.15) is 6.10 Å². The molecule has 1 aliphatic rings. The van der Waals surface area contributed by atoms with E-state index in [1.807, 2.05) is 0 Å². The third kappa shape index (κ3) is 10.2. The van der Waals surface area contributed by atoms with Gasteiger partial charge in [-0.15, -0.1) is 0 Å². The van der Waals surface area contributed by atoms with E-state index in [1.165, 1.54) is 26.5 Å². The Balaban J connectivity index is 0.000000697. The summed E-state index contributed by atoms with van der Waals surface area (Å²) in [4.78, 5) is 32.5. The normalized spacial score (nSPS) is 14.6. The second-order valence-corrected chi connectivity index (χ2v) is 5.94. The first-order valence-electron chi connectivity index (χ1n) is 8.21. The maximum Gasteiger partial charge on any atom is 0.333 e. The predicted octanol–water partition coefficient (Wildman–Crippen LogP) is 3.58. The lowest BCUT2D eigenvalue weighted by molar-refractivity contribution is -0.145. The monoisotopic (exact) mass is 352 g/mol. The van der Waals surface area contributed by atoms with Crippen LogP contribution in [0.3, 0.4) is 0 Å². The van der Waals surface area contributed by atoms with Crippen molar-refractivity contribution in [3.8, 4) is 0 Å². The van der Waals surface area contributed by atoms with Gasteiger partial charge in [-0.3, -0.25) is 0 Å². The molecule has 0 aromatic carbocycles. The van der Waals surface area contributed by atoms with Crippen LogP contribution < -0.4 is 0 Å². The minimum absolute atomic E-state index is 0.00699. The number of carboxylic acids is 1. The fourth-order valence-corrected chi connectivity index (χ4v) is 2.04. The zero-order valence-corrected chi connectivity index (χ0v) is 15.3. The minimum Gasteiger partial charge on any atom is -0.478 e. The van der Waals surface area contributed by atoms with Crippen molar-refractivity contribution in [2.24, 2.45) is 0 Å². The van der Waals surface area contributed by atoms with Gasteiger partial charge >= 0.3 is 17.9 Å². The van der Waals surface area contributed by atoms with Crippen molar-refractivity contribution >= 4 is 17.9 Å². The van der Waals surface area contributed by atoms with Gasteiger partial charge in [0.15, 0.2) is 0 Å². The summed E-state index contributed by atoms with van der Waals surface area (Å²) < 4.78 is 9.60. The van der Waals surface area contributed by atoms with Crippen molar-refractivity contribution in [1.29, 1.82) is 0 Å². The van der Waals surface area contributed by atoms with E-state index in [0.29, 0.717) is 11.1 Å². The van der Waals surface area contributed by atoms with Crippen molar-refractivity contribution < 1.29 is 29.0 Å². The average molecular weight is 352 g/mol. The summed E-state index contributed by atoms with van der Waals surface area (Å²) in [5.41, 5.74) is 0.949. The Kier molecular flexibility index (Phi) is 10.9. The number of methoxy groups -OCH3 is 1. The van der Waals surface area contributed by atoms with E-state index in [-0.39, 0.29) is 24.1 Å². The number of hydrogen-bond donors (Lipinski definition) is 1. The van der Waals surface area contributed by atoms with Crippen LogP contribution in [0, 0.1) is 0 Å². The highest BCUT2D eigenvalue weighted by atomic mass is 16.5. The van der Waals surface area contributed by atoms with Crippen molar-refractivity contribution in [2.75, 3.05) is 7.11 Å². The number of rotatable bonds is 6. The van der Waals surface area contributed by atoms with Crippen LogP contribution in [0.25, 0.3) is 0 Å². The van der Waals surface area contributed by atoms with Crippen molar-refractivity contribution in [2.45, 2.75) is 58.5 Å². The SMILES string of the molecule is C=C(C)C(=O)OC.C=C(CC=C(C)C(=O)O)C(=O)OC1CCCCC1. The largest absolute Gasteiger partial charge is 0.478 e. The number of carbonyl (C=O) groups excluding carboxylic acids is 2. The van der Waals surface area contributed by atoms with Gasteiger partial charge in [-0.25, -0.2) is 14.4 Å². The highest BCUT2D eigenvalue weighted by Crippen LogP contribution is 2.21. The second kappa shape index (κ2) is 12.1. The van der Waals surface area contributed by atoms with Gasteiger partial charge in [-0.2, -0.15) is 0 Å². The molecule has 1 fully saturated rings. The summed E-state index contributed by atoms with van der Waals surface area (Å²) in [5.74, 6) is -1.74. The summed E-state index contributed by atoms with van der Waals surface area (Å²) in [7, 11) is 1.33. The first-order chi connectivity index (χ1) is 11.7. The number of hydrogen-bond acceptors (Lipinski definition) is 5. The smallest absolute Gasteiger partial charge is 0.333 e. The van der Waals surface area contributed by atoms with E-state index in [0.717, 1.165) is 25.7 Å². The number of ether oxygens (including phenoxy) is 2. The predicted molar refractivity (Wildman–Crippen MR) is 94.9 cm³/mol. The molecule has 0 aromatic rings. The Bertz CT molecular complexity index is 538. The highest BCUT2D eigenvalue weighted by Gasteiger charge is 2.18. The third-order valence-electron chi connectivity index (χ3n) is 3.64. The molecule has 1 N–H and O–H groups in total. The average Bonchev–Trinajstić information content (AvgIpc) is 2.59. The number of allylic oxidation sites excluding steroid dienone is 1. The number of esters is 2. The maximum absolute atomic E-state index is 11.7. The Hall–Kier alpha value is -2.37. The van der Waals surface area contributed by atoms with Crippen LogP contribution in [0.4, 0.5) is 0 Å². The number of aliphatic carboxylic acids is 1. The van der Waals surface area contributed by atoms with Gasteiger partial charge < -0.3 is 14.6 Å². The Morgan fingerprint density at radius 3 is 2.04 bits per heavy atom. The van der Waals surface area contributed by atoms with Gasteiger partial charge in [0.25, 0.3) is 0 Å². The topological polar surface area (TPSA) is 89.9 Å². The molecule has 1 rings (SSSR count). The zero-order valence-electron chi connectivity index (χ0n) is 15.3. The molecular weight excluding hydrogens is 324 g/mol. The van der Waals surface area contributed by atoms with Crippen LogP contribution in [-0.4, -0.2) is 36.2 Å². The molecule has 1 aliphatic carbocycles. The molecule has 1 saturated carbocycles. The molecule has 0 unspecified atom stereocenters. The molecule has 25 heavy (non-hydrogen) atoms. The maximum atomic E-state index is 11.7. The molecule has 0 bridgehead atoms. The third-order valence-corrected chi connectivity index (χ3v) is 3.64. The summed E-state index contributed by atoms with van der Waals surface area (Å²) in [5, 5.41) is 8.68. The Morgan fingerprint density at radius 1 is 1.08 bits per heavy atom. The standard InChI is InChI=1S/C14H20O4.C5H8O2/c1-10(13(15)16)8-9-11(2)14(17)18-12-6-4-3-5-7-12;1-4(2)5(6)7-3/h8,12H,2-7,9H2,1H3,(H,15,16);1H2,2-3H3. The first-order valence-corrected chi connectivity index (χ1v) is 8.21. The molecule has 0 radical (unpaired) electrons. The van der Waals surface area contributed by atoms with Crippen molar-refractivity contribution in [3.05, 3.63) is 36.0 Å². The molecule has 0 atom stereocenters. The van der Waals surface area contributed by atoms with E-state index in [9.17, 15) is 14.4 Å². The van der Waals surface area contributed by atoms with Crippen LogP contribution in [0.2, 0.25) is 0 Å². The van der Waals surface area contributed by atoms with Crippen LogP contribution in [0.15, 0.2) is 36.0 Å². The lowest BCUT2D eigenvalue weighted by Gasteiger charge is -2.22. The molecule has 6 heteroatoms. The van der Waals surface area contributed by atoms with Crippen LogP contribution in [-0.2, 0) is 23.9 Å². The van der Waals surface area contributed by atoms with Crippen molar-refractivity contribution in [1.82, 2.24) is 0 Å². The van der Waals surface area contributed by atoms with Crippen LogP contribution in [0.5, 0.6) is 0 Å². The second-order valence-electron chi connectivity index (χ2n) is 5.94. The molecule has 140 valence electrons. The van der Waals surface area contributed by atoms with Gasteiger partial charge in [-0.1, -0.05) is 25.7 Å².